The Balaban J connectivity index is 1.51. The average Bonchev–Trinajstić information content (AvgIpc) is 2.83. The van der Waals surface area contributed by atoms with Crippen LogP contribution in [0.5, 0.6) is 5.75 Å². The van der Waals surface area contributed by atoms with Gasteiger partial charge in [-0.15, -0.1) is 0 Å². The van der Waals surface area contributed by atoms with Crippen LogP contribution in [-0.4, -0.2) is 46.2 Å². The molecule has 11 heteroatoms. The number of amides is 3. The number of hydrogen-bond donors (Lipinski definition) is 3. The number of carbonyl (C=O) groups excluding carboxylic acids is 2. The fourth-order valence-electron chi connectivity index (χ4n) is 3.85. The minimum absolute atomic E-state index is 0.000119. The first-order valence-corrected chi connectivity index (χ1v) is 13.7. The summed E-state index contributed by atoms with van der Waals surface area (Å²) in [6.45, 7) is -0.514. The van der Waals surface area contributed by atoms with E-state index in [-0.39, 0.29) is 34.8 Å². The molecule has 190 valence electrons. The van der Waals surface area contributed by atoms with Crippen LogP contribution in [0.25, 0.3) is 0 Å². The van der Waals surface area contributed by atoms with Crippen LogP contribution in [0, 0.1) is 0 Å². The summed E-state index contributed by atoms with van der Waals surface area (Å²) in [5, 5.41) is 5.51. The SMILES string of the molecule is O=C(NC1CCCCC1)NS(=O)(=O)c1ccc(CCNC(=O)c2cc(Br)ccc2OCCF)cc1. The predicted octanol–water partition coefficient (Wildman–Crippen LogP) is 4.09. The summed E-state index contributed by atoms with van der Waals surface area (Å²) in [5.41, 5.74) is 1.09. The molecule has 0 saturated heterocycles. The van der Waals surface area contributed by atoms with Gasteiger partial charge in [-0.3, -0.25) is 4.79 Å². The Morgan fingerprint density at radius 1 is 1.06 bits per heavy atom. The molecule has 0 unspecified atom stereocenters. The number of alkyl halides is 1. The van der Waals surface area contributed by atoms with Gasteiger partial charge in [0.2, 0.25) is 0 Å². The number of sulfonamides is 1. The summed E-state index contributed by atoms with van der Waals surface area (Å²) >= 11 is 3.31. The molecule has 1 aliphatic rings. The molecular formula is C24H29BrFN3O5S. The van der Waals surface area contributed by atoms with Crippen molar-refractivity contribution in [3.05, 3.63) is 58.1 Å². The fraction of sp³-hybridized carbons (Fsp3) is 0.417. The number of hydrogen-bond acceptors (Lipinski definition) is 5. The van der Waals surface area contributed by atoms with E-state index in [0.29, 0.717) is 17.4 Å². The Labute approximate surface area is 213 Å². The number of halogens is 2. The van der Waals surface area contributed by atoms with Crippen molar-refractivity contribution in [2.75, 3.05) is 19.8 Å². The summed E-state index contributed by atoms with van der Waals surface area (Å²) in [5.74, 6) is -0.0783. The van der Waals surface area contributed by atoms with E-state index in [0.717, 1.165) is 37.7 Å². The van der Waals surface area contributed by atoms with Crippen molar-refractivity contribution >= 4 is 37.9 Å². The highest BCUT2D eigenvalue weighted by atomic mass is 79.9. The number of nitrogens with one attached hydrogen (secondary N) is 3. The topological polar surface area (TPSA) is 114 Å². The molecule has 35 heavy (non-hydrogen) atoms. The molecule has 3 amide bonds. The van der Waals surface area contributed by atoms with Gasteiger partial charge in [0.15, 0.2) is 0 Å². The maximum Gasteiger partial charge on any atom is 0.328 e. The Morgan fingerprint density at radius 2 is 1.77 bits per heavy atom. The number of benzene rings is 2. The first kappa shape index (κ1) is 26.9. The molecule has 1 aliphatic carbocycles. The maximum atomic E-state index is 12.6. The zero-order valence-corrected chi connectivity index (χ0v) is 21.6. The number of carbonyl (C=O) groups is 2. The van der Waals surface area contributed by atoms with Gasteiger partial charge in [0.1, 0.15) is 19.0 Å². The maximum absolute atomic E-state index is 12.6. The van der Waals surface area contributed by atoms with E-state index in [4.69, 9.17) is 4.74 Å². The van der Waals surface area contributed by atoms with Gasteiger partial charge in [-0.25, -0.2) is 22.3 Å². The van der Waals surface area contributed by atoms with Gasteiger partial charge in [-0.1, -0.05) is 47.3 Å². The summed E-state index contributed by atoms with van der Waals surface area (Å²) in [4.78, 5) is 24.7. The second-order valence-corrected chi connectivity index (χ2v) is 10.8. The van der Waals surface area contributed by atoms with E-state index in [2.05, 4.69) is 31.3 Å². The third kappa shape index (κ3) is 8.21. The minimum atomic E-state index is -3.99. The van der Waals surface area contributed by atoms with Gasteiger partial charge < -0.3 is 15.4 Å². The third-order valence-electron chi connectivity index (χ3n) is 5.62. The second-order valence-electron chi connectivity index (χ2n) is 8.24. The highest BCUT2D eigenvalue weighted by Gasteiger charge is 2.21. The fourth-order valence-corrected chi connectivity index (χ4v) is 5.12. The second kappa shape index (κ2) is 12.9. The van der Waals surface area contributed by atoms with Crippen molar-refractivity contribution in [3.63, 3.8) is 0 Å². The van der Waals surface area contributed by atoms with Gasteiger partial charge in [0.05, 0.1) is 10.5 Å². The van der Waals surface area contributed by atoms with Crippen LogP contribution in [0.1, 0.15) is 48.0 Å². The number of rotatable bonds is 10. The molecule has 0 spiro atoms. The van der Waals surface area contributed by atoms with Crippen molar-refractivity contribution < 1.29 is 27.1 Å². The molecule has 0 atom stereocenters. The van der Waals surface area contributed by atoms with Crippen LogP contribution in [-0.2, 0) is 16.4 Å². The van der Waals surface area contributed by atoms with Crippen molar-refractivity contribution in [1.29, 1.82) is 0 Å². The van der Waals surface area contributed by atoms with E-state index < -0.39 is 22.7 Å². The van der Waals surface area contributed by atoms with Crippen molar-refractivity contribution in [3.8, 4) is 5.75 Å². The monoisotopic (exact) mass is 569 g/mol. The largest absolute Gasteiger partial charge is 0.490 e. The molecule has 2 aromatic carbocycles. The van der Waals surface area contributed by atoms with Gasteiger partial charge in [-0.05, 0) is 55.2 Å². The standard InChI is InChI=1S/C24H29BrFN3O5S/c25-18-8-11-22(34-15-13-26)21(16-18)23(30)27-14-12-17-6-9-20(10-7-17)35(32,33)29-24(31)28-19-4-2-1-3-5-19/h6-11,16,19H,1-5,12-15H2,(H,27,30)(H2,28,29,31). The van der Waals surface area contributed by atoms with Crippen LogP contribution >= 0.6 is 15.9 Å². The molecule has 2 aromatic rings. The highest BCUT2D eigenvalue weighted by Crippen LogP contribution is 2.23. The van der Waals surface area contributed by atoms with Gasteiger partial charge >= 0.3 is 6.03 Å². The summed E-state index contributed by atoms with van der Waals surface area (Å²) in [6.07, 6.45) is 5.34. The van der Waals surface area contributed by atoms with Crippen molar-refractivity contribution in [2.45, 2.75) is 49.5 Å². The molecule has 0 aromatic heterocycles. The number of ether oxygens (including phenoxy) is 1. The smallest absolute Gasteiger partial charge is 0.328 e. The molecule has 3 rings (SSSR count). The van der Waals surface area contributed by atoms with Crippen molar-refractivity contribution in [1.82, 2.24) is 15.4 Å². The lowest BCUT2D eigenvalue weighted by Crippen LogP contribution is -2.45. The predicted molar refractivity (Wildman–Crippen MR) is 134 cm³/mol. The summed E-state index contributed by atoms with van der Waals surface area (Å²) < 4.78 is 45.5. The first-order chi connectivity index (χ1) is 16.8. The van der Waals surface area contributed by atoms with Crippen LogP contribution in [0.4, 0.5) is 9.18 Å². The van der Waals surface area contributed by atoms with Gasteiger partial charge in [-0.2, -0.15) is 0 Å². The Kier molecular flexibility index (Phi) is 9.91. The number of urea groups is 1. The highest BCUT2D eigenvalue weighted by molar-refractivity contribution is 9.10. The lowest BCUT2D eigenvalue weighted by atomic mass is 9.96. The first-order valence-electron chi connectivity index (χ1n) is 11.5. The molecule has 3 N–H and O–H groups in total. The quantitative estimate of drug-likeness (QED) is 0.398. The van der Waals surface area contributed by atoms with Crippen LogP contribution in [0.15, 0.2) is 51.8 Å². The molecule has 1 fully saturated rings. The lowest BCUT2D eigenvalue weighted by Gasteiger charge is -2.22. The van der Waals surface area contributed by atoms with E-state index in [9.17, 15) is 22.4 Å². The Bertz CT molecular complexity index is 1120. The van der Waals surface area contributed by atoms with E-state index >= 15 is 0 Å². The van der Waals surface area contributed by atoms with Crippen LogP contribution in [0.3, 0.4) is 0 Å². The minimum Gasteiger partial charge on any atom is -0.490 e. The summed E-state index contributed by atoms with van der Waals surface area (Å²) in [7, 11) is -3.99. The molecule has 0 heterocycles. The van der Waals surface area contributed by atoms with E-state index in [1.54, 1.807) is 30.3 Å². The van der Waals surface area contributed by atoms with E-state index in [1.165, 1.54) is 12.1 Å². The molecule has 8 nitrogen and oxygen atoms in total. The Morgan fingerprint density at radius 3 is 2.46 bits per heavy atom. The average molecular weight is 570 g/mol. The normalized spacial score (nSPS) is 14.2. The van der Waals surface area contributed by atoms with Gasteiger partial charge in [0, 0.05) is 17.1 Å². The third-order valence-corrected chi connectivity index (χ3v) is 7.46. The van der Waals surface area contributed by atoms with Crippen molar-refractivity contribution in [2.24, 2.45) is 0 Å². The lowest BCUT2D eigenvalue weighted by molar-refractivity contribution is 0.0949. The molecule has 0 aliphatic heterocycles. The molecule has 1 saturated carbocycles. The van der Waals surface area contributed by atoms with Crippen LogP contribution in [0.2, 0.25) is 0 Å². The Hall–Kier alpha value is -2.66. The molecule has 0 bridgehead atoms. The van der Waals surface area contributed by atoms with Crippen LogP contribution < -0.4 is 20.1 Å². The van der Waals surface area contributed by atoms with E-state index in [1.807, 2.05) is 0 Å². The zero-order valence-electron chi connectivity index (χ0n) is 19.2. The zero-order chi connectivity index (χ0) is 25.3. The summed E-state index contributed by atoms with van der Waals surface area (Å²) in [6, 6.07) is 10.3. The van der Waals surface area contributed by atoms with Gasteiger partial charge in [0.25, 0.3) is 15.9 Å². The molecule has 0 radical (unpaired) electrons. The molecular weight excluding hydrogens is 541 g/mol.